The van der Waals surface area contributed by atoms with Crippen LogP contribution >= 0.6 is 0 Å². The van der Waals surface area contributed by atoms with E-state index in [2.05, 4.69) is 15.0 Å². The monoisotopic (exact) mass is 359 g/mol. The van der Waals surface area contributed by atoms with E-state index in [4.69, 9.17) is 5.73 Å². The zero-order valence-corrected chi connectivity index (χ0v) is 13.7. The van der Waals surface area contributed by atoms with Crippen molar-refractivity contribution in [3.8, 4) is 0 Å². The maximum Gasteiger partial charge on any atom is 0.180 e. The van der Waals surface area contributed by atoms with E-state index in [9.17, 15) is 13.2 Å². The molecule has 2 aromatic heterocycles. The predicted octanol–water partition coefficient (Wildman–Crippen LogP) is 2.76. The second-order valence-electron chi connectivity index (χ2n) is 6.36. The van der Waals surface area contributed by atoms with Crippen LogP contribution in [0.2, 0.25) is 0 Å². The second-order valence-corrected chi connectivity index (χ2v) is 6.36. The van der Waals surface area contributed by atoms with Gasteiger partial charge in [-0.2, -0.15) is 0 Å². The maximum absolute atomic E-state index is 14.1. The Morgan fingerprint density at radius 3 is 2.58 bits per heavy atom. The van der Waals surface area contributed by atoms with E-state index in [-0.39, 0.29) is 11.5 Å². The fourth-order valence-electron chi connectivity index (χ4n) is 3.42. The number of rotatable bonds is 2. The first-order valence-electron chi connectivity index (χ1n) is 8.25. The summed E-state index contributed by atoms with van der Waals surface area (Å²) < 4.78 is 40.8. The van der Waals surface area contributed by atoms with Crippen molar-refractivity contribution in [1.29, 1.82) is 0 Å². The van der Waals surface area contributed by atoms with Crippen molar-refractivity contribution < 1.29 is 13.2 Å². The van der Waals surface area contributed by atoms with Gasteiger partial charge in [0.25, 0.3) is 0 Å². The second kappa shape index (κ2) is 6.53. The SMILES string of the molecule is N[C@H]1CN(c2ccc3nccnc3n2)CCC1c1cc(F)c(F)cc1F. The van der Waals surface area contributed by atoms with Gasteiger partial charge in [0.15, 0.2) is 17.3 Å². The minimum Gasteiger partial charge on any atom is -0.355 e. The summed E-state index contributed by atoms with van der Waals surface area (Å²) >= 11 is 0. The Balaban J connectivity index is 1.57. The third kappa shape index (κ3) is 2.96. The van der Waals surface area contributed by atoms with E-state index in [0.717, 1.165) is 6.07 Å². The van der Waals surface area contributed by atoms with Gasteiger partial charge in [-0.1, -0.05) is 0 Å². The van der Waals surface area contributed by atoms with E-state index < -0.39 is 23.5 Å². The molecule has 0 bridgehead atoms. The van der Waals surface area contributed by atoms with Crippen LogP contribution < -0.4 is 10.6 Å². The molecule has 3 heterocycles. The number of fused-ring (bicyclic) bond motifs is 1. The summed E-state index contributed by atoms with van der Waals surface area (Å²) in [5.74, 6) is -2.71. The average molecular weight is 359 g/mol. The van der Waals surface area contributed by atoms with Gasteiger partial charge in [0.05, 0.1) is 0 Å². The van der Waals surface area contributed by atoms with Gasteiger partial charge in [-0.25, -0.2) is 23.1 Å². The molecule has 2 N–H and O–H groups in total. The van der Waals surface area contributed by atoms with Crippen LogP contribution in [0.5, 0.6) is 0 Å². The highest BCUT2D eigenvalue weighted by Crippen LogP contribution is 2.32. The summed E-state index contributed by atoms with van der Waals surface area (Å²) in [5.41, 5.74) is 7.58. The van der Waals surface area contributed by atoms with E-state index >= 15 is 0 Å². The molecule has 1 unspecified atom stereocenters. The number of benzene rings is 1. The maximum atomic E-state index is 14.1. The Morgan fingerprint density at radius 2 is 1.77 bits per heavy atom. The smallest absolute Gasteiger partial charge is 0.180 e. The lowest BCUT2D eigenvalue weighted by Crippen LogP contribution is -2.48. The Bertz CT molecular complexity index is 965. The molecule has 1 aliphatic rings. The number of anilines is 1. The summed E-state index contributed by atoms with van der Waals surface area (Å²) in [6, 6.07) is 4.71. The van der Waals surface area contributed by atoms with Crippen LogP contribution in [0.4, 0.5) is 19.0 Å². The van der Waals surface area contributed by atoms with Crippen molar-refractivity contribution in [2.75, 3.05) is 18.0 Å². The van der Waals surface area contributed by atoms with E-state index in [1.165, 1.54) is 0 Å². The van der Waals surface area contributed by atoms with E-state index in [1.54, 1.807) is 12.4 Å². The molecule has 2 atom stereocenters. The largest absolute Gasteiger partial charge is 0.355 e. The molecular weight excluding hydrogens is 343 g/mol. The van der Waals surface area contributed by atoms with Crippen LogP contribution in [0.15, 0.2) is 36.7 Å². The van der Waals surface area contributed by atoms with Crippen molar-refractivity contribution in [3.63, 3.8) is 0 Å². The summed E-state index contributed by atoms with van der Waals surface area (Å²) in [7, 11) is 0. The molecular formula is C18H16F3N5. The molecule has 4 rings (SSSR count). The standard InChI is InChI=1S/C18H16F3N5/c19-12-8-14(21)13(20)7-11(12)10-3-6-26(9-15(10)22)17-2-1-16-18(25-17)24-5-4-23-16/h1-2,4-5,7-8,10,15H,3,6,9,22H2/t10?,15-/m0/s1. The number of halogens is 3. The molecule has 1 aliphatic heterocycles. The van der Waals surface area contributed by atoms with Crippen LogP contribution in [-0.2, 0) is 0 Å². The van der Waals surface area contributed by atoms with Gasteiger partial charge >= 0.3 is 0 Å². The highest BCUT2D eigenvalue weighted by molar-refractivity contribution is 5.71. The quantitative estimate of drug-likeness (QED) is 0.713. The summed E-state index contributed by atoms with van der Waals surface area (Å²) in [6.07, 6.45) is 3.67. The topological polar surface area (TPSA) is 67.9 Å². The minimum atomic E-state index is -1.20. The minimum absolute atomic E-state index is 0.119. The number of piperidine rings is 1. The molecule has 1 saturated heterocycles. The van der Waals surface area contributed by atoms with Gasteiger partial charge < -0.3 is 10.6 Å². The molecule has 0 amide bonds. The van der Waals surface area contributed by atoms with Crippen molar-refractivity contribution in [3.05, 3.63) is 59.7 Å². The molecule has 26 heavy (non-hydrogen) atoms. The highest BCUT2D eigenvalue weighted by atomic mass is 19.2. The Kier molecular flexibility index (Phi) is 4.20. The highest BCUT2D eigenvalue weighted by Gasteiger charge is 2.31. The molecule has 5 nitrogen and oxygen atoms in total. The van der Waals surface area contributed by atoms with E-state index in [1.807, 2.05) is 17.0 Å². The van der Waals surface area contributed by atoms with Crippen LogP contribution in [-0.4, -0.2) is 34.1 Å². The zero-order valence-electron chi connectivity index (χ0n) is 13.7. The van der Waals surface area contributed by atoms with Gasteiger partial charge in [-0.3, -0.25) is 4.98 Å². The van der Waals surface area contributed by atoms with Gasteiger partial charge in [0.1, 0.15) is 17.2 Å². The van der Waals surface area contributed by atoms with Crippen LogP contribution in [0.1, 0.15) is 17.9 Å². The van der Waals surface area contributed by atoms with Crippen LogP contribution in [0.25, 0.3) is 11.2 Å². The first-order chi connectivity index (χ1) is 12.5. The molecule has 1 fully saturated rings. The number of aromatic nitrogens is 3. The van der Waals surface area contributed by atoms with Gasteiger partial charge in [-0.05, 0) is 30.2 Å². The lowest BCUT2D eigenvalue weighted by atomic mass is 9.85. The van der Waals surface area contributed by atoms with Crippen LogP contribution in [0, 0.1) is 17.5 Å². The molecule has 8 heteroatoms. The summed E-state index contributed by atoms with van der Waals surface area (Å²) in [6.45, 7) is 0.984. The Labute approximate surface area is 147 Å². The molecule has 0 aliphatic carbocycles. The number of pyridine rings is 1. The van der Waals surface area contributed by atoms with Gasteiger partial charge in [-0.15, -0.1) is 0 Å². The lowest BCUT2D eigenvalue weighted by Gasteiger charge is -2.37. The first kappa shape index (κ1) is 16.7. The summed E-state index contributed by atoms with van der Waals surface area (Å²) in [4.78, 5) is 14.8. The summed E-state index contributed by atoms with van der Waals surface area (Å²) in [5, 5.41) is 0. The third-order valence-electron chi connectivity index (χ3n) is 4.74. The first-order valence-corrected chi connectivity index (χ1v) is 8.25. The van der Waals surface area contributed by atoms with Crippen LogP contribution in [0.3, 0.4) is 0 Å². The zero-order chi connectivity index (χ0) is 18.3. The van der Waals surface area contributed by atoms with Gasteiger partial charge in [0, 0.05) is 43.5 Å². The van der Waals surface area contributed by atoms with Crippen molar-refractivity contribution in [2.45, 2.75) is 18.4 Å². The number of nitrogens with two attached hydrogens (primary N) is 1. The fourth-order valence-corrected chi connectivity index (χ4v) is 3.42. The lowest BCUT2D eigenvalue weighted by molar-refractivity contribution is 0.416. The van der Waals surface area contributed by atoms with Gasteiger partial charge in [0.2, 0.25) is 0 Å². The molecule has 0 radical (unpaired) electrons. The van der Waals surface area contributed by atoms with E-state index in [0.29, 0.717) is 42.6 Å². The normalized spacial score (nSPS) is 20.5. The average Bonchev–Trinajstić information content (AvgIpc) is 2.64. The predicted molar refractivity (Wildman–Crippen MR) is 91.2 cm³/mol. The molecule has 134 valence electrons. The molecule has 3 aromatic rings. The number of hydrogen-bond acceptors (Lipinski definition) is 5. The molecule has 0 spiro atoms. The molecule has 0 saturated carbocycles. The fraction of sp³-hybridized carbons (Fsp3) is 0.278. The van der Waals surface area contributed by atoms with Crippen molar-refractivity contribution >= 4 is 17.0 Å². The number of nitrogens with zero attached hydrogens (tertiary/aromatic N) is 4. The third-order valence-corrected chi connectivity index (χ3v) is 4.74. The van der Waals surface area contributed by atoms with Crippen molar-refractivity contribution in [2.24, 2.45) is 5.73 Å². The number of hydrogen-bond donors (Lipinski definition) is 1. The Hall–Kier alpha value is -2.74. The van der Waals surface area contributed by atoms with Crippen molar-refractivity contribution in [1.82, 2.24) is 15.0 Å². The molecule has 1 aromatic carbocycles. The Morgan fingerprint density at radius 1 is 1.00 bits per heavy atom.